The summed E-state index contributed by atoms with van der Waals surface area (Å²) in [6.45, 7) is 1.80. The smallest absolute Gasteiger partial charge is 0.225 e. The van der Waals surface area contributed by atoms with Crippen molar-refractivity contribution in [3.8, 4) is 0 Å². The predicted octanol–water partition coefficient (Wildman–Crippen LogP) is 2.38. The first kappa shape index (κ1) is 17.1. The van der Waals surface area contributed by atoms with Crippen LogP contribution in [0.5, 0.6) is 0 Å². The minimum absolute atomic E-state index is 0.104. The van der Waals surface area contributed by atoms with E-state index in [1.54, 1.807) is 25.1 Å². The maximum atomic E-state index is 12.4. The lowest BCUT2D eigenvalue weighted by atomic mass is 10.2. The number of halogens is 1. The van der Waals surface area contributed by atoms with Crippen molar-refractivity contribution in [2.45, 2.75) is 22.5 Å². The Hall–Kier alpha value is -1.22. The van der Waals surface area contributed by atoms with E-state index in [0.29, 0.717) is 5.56 Å². The average molecular weight is 404 g/mol. The number of nitrogens with two attached hydrogens (primary N) is 1. The summed E-state index contributed by atoms with van der Waals surface area (Å²) in [6, 6.07) is 10.4. The third kappa shape index (κ3) is 3.95. The van der Waals surface area contributed by atoms with Crippen LogP contribution in [0.1, 0.15) is 11.1 Å². The van der Waals surface area contributed by atoms with E-state index in [1.165, 1.54) is 24.3 Å². The van der Waals surface area contributed by atoms with Crippen molar-refractivity contribution in [2.24, 2.45) is 5.14 Å². The SMILES string of the molecule is Cc1cc(S(=O)(=O)Cc2cccc(S(N)(=O)=O)c2)ccc1Br. The summed E-state index contributed by atoms with van der Waals surface area (Å²) >= 11 is 3.32. The zero-order chi connectivity index (χ0) is 16.5. The normalized spacial score (nSPS) is 12.3. The predicted molar refractivity (Wildman–Crippen MR) is 87.6 cm³/mol. The van der Waals surface area contributed by atoms with Crippen LogP contribution in [0, 0.1) is 6.92 Å². The van der Waals surface area contributed by atoms with E-state index in [1.807, 2.05) is 0 Å². The molecule has 0 saturated heterocycles. The lowest BCUT2D eigenvalue weighted by molar-refractivity contribution is 0.593. The van der Waals surface area contributed by atoms with Gasteiger partial charge in [-0.1, -0.05) is 28.1 Å². The largest absolute Gasteiger partial charge is 0.238 e. The van der Waals surface area contributed by atoms with Crippen molar-refractivity contribution in [1.82, 2.24) is 0 Å². The van der Waals surface area contributed by atoms with E-state index in [-0.39, 0.29) is 15.5 Å². The van der Waals surface area contributed by atoms with Crippen LogP contribution in [-0.4, -0.2) is 16.8 Å². The van der Waals surface area contributed by atoms with Gasteiger partial charge >= 0.3 is 0 Å². The van der Waals surface area contributed by atoms with Gasteiger partial charge in [-0.25, -0.2) is 22.0 Å². The van der Waals surface area contributed by atoms with E-state index < -0.39 is 19.9 Å². The van der Waals surface area contributed by atoms with Crippen LogP contribution in [0.4, 0.5) is 0 Å². The zero-order valence-electron chi connectivity index (χ0n) is 11.7. The highest BCUT2D eigenvalue weighted by molar-refractivity contribution is 9.10. The number of benzene rings is 2. The second-order valence-corrected chi connectivity index (χ2v) is 9.27. The monoisotopic (exact) mass is 403 g/mol. The molecule has 0 heterocycles. The molecule has 0 saturated carbocycles. The summed E-state index contributed by atoms with van der Waals surface area (Å²) in [4.78, 5) is 0.0846. The highest BCUT2D eigenvalue weighted by Crippen LogP contribution is 2.23. The van der Waals surface area contributed by atoms with Gasteiger partial charge in [0, 0.05) is 4.47 Å². The number of hydrogen-bond donors (Lipinski definition) is 1. The van der Waals surface area contributed by atoms with Crippen LogP contribution >= 0.6 is 15.9 Å². The first-order valence-corrected chi connectivity index (χ1v) is 10.2. The Labute approximate surface area is 138 Å². The van der Waals surface area contributed by atoms with Crippen LogP contribution in [0.2, 0.25) is 0 Å². The molecule has 0 atom stereocenters. The van der Waals surface area contributed by atoms with Crippen molar-refractivity contribution in [2.75, 3.05) is 0 Å². The Morgan fingerprint density at radius 1 is 1.00 bits per heavy atom. The summed E-state index contributed by atoms with van der Waals surface area (Å²) in [5, 5.41) is 5.05. The van der Waals surface area contributed by atoms with Crippen molar-refractivity contribution in [3.63, 3.8) is 0 Å². The quantitative estimate of drug-likeness (QED) is 0.847. The Kier molecular flexibility index (Phi) is 4.76. The van der Waals surface area contributed by atoms with E-state index >= 15 is 0 Å². The molecular weight excluding hydrogens is 390 g/mol. The molecule has 2 rings (SSSR count). The van der Waals surface area contributed by atoms with Crippen molar-refractivity contribution < 1.29 is 16.8 Å². The van der Waals surface area contributed by atoms with Gasteiger partial charge in [-0.15, -0.1) is 0 Å². The number of primary sulfonamides is 1. The molecule has 118 valence electrons. The van der Waals surface area contributed by atoms with Crippen molar-refractivity contribution in [3.05, 3.63) is 58.1 Å². The molecule has 0 aliphatic rings. The number of hydrogen-bond acceptors (Lipinski definition) is 4. The molecule has 0 unspecified atom stereocenters. The minimum Gasteiger partial charge on any atom is -0.225 e. The molecule has 2 aromatic rings. The summed E-state index contributed by atoms with van der Waals surface area (Å²) in [6.07, 6.45) is 0. The van der Waals surface area contributed by atoms with Gasteiger partial charge in [0.1, 0.15) is 0 Å². The second kappa shape index (κ2) is 6.11. The van der Waals surface area contributed by atoms with Gasteiger partial charge in [0.05, 0.1) is 15.5 Å². The first-order chi connectivity index (χ1) is 10.1. The van der Waals surface area contributed by atoms with Gasteiger partial charge in [-0.05, 0) is 48.4 Å². The van der Waals surface area contributed by atoms with Crippen molar-refractivity contribution >= 4 is 35.8 Å². The molecule has 0 spiro atoms. The Morgan fingerprint density at radius 2 is 1.68 bits per heavy atom. The molecule has 0 aromatic heterocycles. The Balaban J connectivity index is 2.39. The van der Waals surface area contributed by atoms with E-state index in [0.717, 1.165) is 10.0 Å². The molecule has 0 fully saturated rings. The summed E-state index contributed by atoms with van der Waals surface area (Å²) in [5.74, 6) is -0.294. The highest BCUT2D eigenvalue weighted by Gasteiger charge is 2.17. The topological polar surface area (TPSA) is 94.3 Å². The van der Waals surface area contributed by atoms with E-state index in [4.69, 9.17) is 5.14 Å². The molecule has 0 aliphatic heterocycles. The van der Waals surface area contributed by atoms with Crippen LogP contribution in [-0.2, 0) is 25.6 Å². The lowest BCUT2D eigenvalue weighted by Crippen LogP contribution is -2.13. The summed E-state index contributed by atoms with van der Waals surface area (Å²) < 4.78 is 48.3. The molecule has 22 heavy (non-hydrogen) atoms. The highest BCUT2D eigenvalue weighted by atomic mass is 79.9. The maximum absolute atomic E-state index is 12.4. The lowest BCUT2D eigenvalue weighted by Gasteiger charge is -2.08. The summed E-state index contributed by atoms with van der Waals surface area (Å²) in [5.41, 5.74) is 1.17. The van der Waals surface area contributed by atoms with Crippen LogP contribution in [0.15, 0.2) is 56.7 Å². The maximum Gasteiger partial charge on any atom is 0.238 e. The van der Waals surface area contributed by atoms with Gasteiger partial charge in [-0.2, -0.15) is 0 Å². The number of aryl methyl sites for hydroxylation is 1. The number of sulfone groups is 1. The summed E-state index contributed by atoms with van der Waals surface area (Å²) in [7, 11) is -7.43. The molecule has 2 aromatic carbocycles. The van der Waals surface area contributed by atoms with Gasteiger partial charge in [0.25, 0.3) is 0 Å². The first-order valence-electron chi connectivity index (χ1n) is 6.20. The van der Waals surface area contributed by atoms with Gasteiger partial charge < -0.3 is 0 Å². The van der Waals surface area contributed by atoms with Crippen molar-refractivity contribution in [1.29, 1.82) is 0 Å². The molecule has 5 nitrogen and oxygen atoms in total. The standard InChI is InChI=1S/C14H14BrNO4S2/c1-10-7-12(5-6-14(10)15)21(17,18)9-11-3-2-4-13(8-11)22(16,19)20/h2-8H,9H2,1H3,(H2,16,19,20). The number of sulfonamides is 1. The van der Waals surface area contributed by atoms with E-state index in [2.05, 4.69) is 15.9 Å². The third-order valence-corrected chi connectivity index (χ3v) is 6.56. The molecule has 0 amide bonds. The van der Waals surface area contributed by atoms with Gasteiger partial charge in [0.15, 0.2) is 9.84 Å². The molecule has 2 N–H and O–H groups in total. The number of rotatable bonds is 4. The molecule has 8 heteroatoms. The molecule has 0 bridgehead atoms. The van der Waals surface area contributed by atoms with Gasteiger partial charge in [-0.3, -0.25) is 0 Å². The molecule has 0 aliphatic carbocycles. The van der Waals surface area contributed by atoms with E-state index in [9.17, 15) is 16.8 Å². The fourth-order valence-electron chi connectivity index (χ4n) is 1.93. The fourth-order valence-corrected chi connectivity index (χ4v) is 4.17. The Bertz CT molecular complexity index is 922. The average Bonchev–Trinajstić information content (AvgIpc) is 2.40. The third-order valence-electron chi connectivity index (χ3n) is 3.07. The van der Waals surface area contributed by atoms with Crippen LogP contribution in [0.3, 0.4) is 0 Å². The van der Waals surface area contributed by atoms with Crippen LogP contribution in [0.25, 0.3) is 0 Å². The second-order valence-electron chi connectivity index (χ2n) is 4.86. The fraction of sp³-hybridized carbons (Fsp3) is 0.143. The molecular formula is C14H14BrNO4S2. The van der Waals surface area contributed by atoms with Gasteiger partial charge in [0.2, 0.25) is 10.0 Å². The zero-order valence-corrected chi connectivity index (χ0v) is 14.9. The molecule has 0 radical (unpaired) electrons. The Morgan fingerprint density at radius 3 is 2.27 bits per heavy atom. The van der Waals surface area contributed by atoms with Crippen LogP contribution < -0.4 is 5.14 Å². The minimum atomic E-state index is -3.86.